The lowest BCUT2D eigenvalue weighted by Gasteiger charge is -2.11. The van der Waals surface area contributed by atoms with E-state index in [-0.39, 0.29) is 5.91 Å². The highest BCUT2D eigenvalue weighted by Gasteiger charge is 2.07. The summed E-state index contributed by atoms with van der Waals surface area (Å²) in [7, 11) is 0. The van der Waals surface area contributed by atoms with Crippen molar-refractivity contribution in [2.45, 2.75) is 20.3 Å². The van der Waals surface area contributed by atoms with E-state index in [1.54, 1.807) is 0 Å². The van der Waals surface area contributed by atoms with Crippen LogP contribution in [0.25, 0.3) is 0 Å². The van der Waals surface area contributed by atoms with Crippen LogP contribution in [-0.4, -0.2) is 17.8 Å². The third-order valence-corrected chi connectivity index (χ3v) is 2.43. The number of amides is 1. The number of alkyl halides is 1. The molecule has 0 atom stereocenters. The van der Waals surface area contributed by atoms with E-state index in [2.05, 4.69) is 21.2 Å². The molecule has 16 heavy (non-hydrogen) atoms. The van der Waals surface area contributed by atoms with Crippen molar-refractivity contribution in [1.82, 2.24) is 0 Å². The Morgan fingerprint density at radius 3 is 2.88 bits per heavy atom. The Morgan fingerprint density at radius 1 is 1.50 bits per heavy atom. The van der Waals surface area contributed by atoms with Crippen LogP contribution >= 0.6 is 15.9 Å². The van der Waals surface area contributed by atoms with Crippen molar-refractivity contribution in [2.24, 2.45) is 0 Å². The highest BCUT2D eigenvalue weighted by Crippen LogP contribution is 2.25. The summed E-state index contributed by atoms with van der Waals surface area (Å²) in [6, 6.07) is 5.74. The minimum Gasteiger partial charge on any atom is -0.492 e. The number of hydrogen-bond acceptors (Lipinski definition) is 2. The molecule has 0 fully saturated rings. The standard InChI is InChI=1S/C12H16BrNO2/c1-3-16-11-8-9(2)4-5-10(11)14-12(15)6-7-13/h4-5,8H,3,6-7H2,1-2H3,(H,14,15). The molecule has 0 heterocycles. The molecule has 1 aromatic rings. The quantitative estimate of drug-likeness (QED) is 0.845. The topological polar surface area (TPSA) is 38.3 Å². The van der Waals surface area contributed by atoms with E-state index in [4.69, 9.17) is 4.74 Å². The van der Waals surface area contributed by atoms with Gasteiger partial charge in [-0.2, -0.15) is 0 Å². The van der Waals surface area contributed by atoms with Crippen LogP contribution < -0.4 is 10.1 Å². The maximum absolute atomic E-state index is 11.5. The molecule has 1 rings (SSSR count). The number of nitrogens with one attached hydrogen (secondary N) is 1. The predicted octanol–water partition coefficient (Wildman–Crippen LogP) is 3.12. The number of carbonyl (C=O) groups is 1. The first-order chi connectivity index (χ1) is 7.67. The highest BCUT2D eigenvalue weighted by molar-refractivity contribution is 9.09. The Balaban J connectivity index is 2.81. The van der Waals surface area contributed by atoms with Crippen molar-refractivity contribution in [1.29, 1.82) is 0 Å². The average molecular weight is 286 g/mol. The van der Waals surface area contributed by atoms with Gasteiger partial charge in [0.2, 0.25) is 5.91 Å². The first-order valence-corrected chi connectivity index (χ1v) is 6.38. The smallest absolute Gasteiger partial charge is 0.225 e. The van der Waals surface area contributed by atoms with Crippen molar-refractivity contribution in [3.8, 4) is 5.75 Å². The van der Waals surface area contributed by atoms with Crippen LogP contribution in [0.1, 0.15) is 18.9 Å². The second kappa shape index (κ2) is 6.53. The summed E-state index contributed by atoms with van der Waals surface area (Å²) >= 11 is 3.23. The van der Waals surface area contributed by atoms with Gasteiger partial charge in [-0.3, -0.25) is 4.79 Å². The SMILES string of the molecule is CCOc1cc(C)ccc1NC(=O)CCBr. The fourth-order valence-corrected chi connectivity index (χ4v) is 1.67. The maximum atomic E-state index is 11.5. The van der Waals surface area contributed by atoms with E-state index in [1.165, 1.54) is 0 Å². The van der Waals surface area contributed by atoms with Gasteiger partial charge in [-0.25, -0.2) is 0 Å². The van der Waals surface area contributed by atoms with Gasteiger partial charge in [-0.1, -0.05) is 22.0 Å². The zero-order valence-corrected chi connectivity index (χ0v) is 11.1. The van der Waals surface area contributed by atoms with Crippen LogP contribution in [0.15, 0.2) is 18.2 Å². The molecule has 0 radical (unpaired) electrons. The molecule has 0 unspecified atom stereocenters. The monoisotopic (exact) mass is 285 g/mol. The van der Waals surface area contributed by atoms with Crippen LogP contribution in [0, 0.1) is 6.92 Å². The summed E-state index contributed by atoms with van der Waals surface area (Å²) in [6.07, 6.45) is 0.458. The fraction of sp³-hybridized carbons (Fsp3) is 0.417. The number of carbonyl (C=O) groups excluding carboxylic acids is 1. The molecule has 88 valence electrons. The molecule has 1 N–H and O–H groups in total. The van der Waals surface area contributed by atoms with Crippen molar-refractivity contribution in [2.75, 3.05) is 17.3 Å². The Kier molecular flexibility index (Phi) is 5.32. The second-order valence-electron chi connectivity index (χ2n) is 3.42. The van der Waals surface area contributed by atoms with E-state index < -0.39 is 0 Å². The minimum absolute atomic E-state index is 0.0123. The summed E-state index contributed by atoms with van der Waals surface area (Å²) in [5.74, 6) is 0.715. The Morgan fingerprint density at radius 2 is 2.25 bits per heavy atom. The largest absolute Gasteiger partial charge is 0.492 e. The molecule has 1 aromatic carbocycles. The summed E-state index contributed by atoms with van der Waals surface area (Å²) < 4.78 is 5.47. The van der Waals surface area contributed by atoms with Gasteiger partial charge < -0.3 is 10.1 Å². The normalized spacial score (nSPS) is 9.94. The van der Waals surface area contributed by atoms with E-state index in [1.807, 2.05) is 32.0 Å². The first kappa shape index (κ1) is 13.0. The number of halogens is 1. The molecule has 0 saturated heterocycles. The third kappa shape index (κ3) is 3.85. The molecular weight excluding hydrogens is 270 g/mol. The molecule has 0 aliphatic rings. The molecule has 0 saturated carbocycles. The van der Waals surface area contributed by atoms with E-state index in [0.717, 1.165) is 17.0 Å². The van der Waals surface area contributed by atoms with E-state index in [9.17, 15) is 4.79 Å². The van der Waals surface area contributed by atoms with Crippen molar-refractivity contribution >= 4 is 27.5 Å². The van der Waals surface area contributed by atoms with Gasteiger partial charge in [0.05, 0.1) is 12.3 Å². The number of aryl methyl sites for hydroxylation is 1. The molecule has 0 spiro atoms. The minimum atomic E-state index is -0.0123. The third-order valence-electron chi connectivity index (χ3n) is 2.03. The number of hydrogen-bond donors (Lipinski definition) is 1. The summed E-state index contributed by atoms with van der Waals surface area (Å²) in [5.41, 5.74) is 1.85. The van der Waals surface area contributed by atoms with Gasteiger partial charge in [0.1, 0.15) is 5.75 Å². The lowest BCUT2D eigenvalue weighted by Crippen LogP contribution is -2.12. The Hall–Kier alpha value is -1.03. The van der Waals surface area contributed by atoms with Gasteiger partial charge in [0, 0.05) is 11.8 Å². The van der Waals surface area contributed by atoms with E-state index >= 15 is 0 Å². The Labute approximate surface area is 104 Å². The molecule has 4 heteroatoms. The second-order valence-corrected chi connectivity index (χ2v) is 4.21. The summed E-state index contributed by atoms with van der Waals surface area (Å²) in [6.45, 7) is 4.50. The lowest BCUT2D eigenvalue weighted by molar-refractivity contribution is -0.115. The lowest BCUT2D eigenvalue weighted by atomic mass is 10.2. The molecular formula is C12H16BrNO2. The van der Waals surface area contributed by atoms with Gasteiger partial charge in [0.25, 0.3) is 0 Å². The fourth-order valence-electron chi connectivity index (χ4n) is 1.31. The van der Waals surface area contributed by atoms with E-state index in [0.29, 0.717) is 18.4 Å². The van der Waals surface area contributed by atoms with Gasteiger partial charge in [0.15, 0.2) is 0 Å². The van der Waals surface area contributed by atoms with Crippen molar-refractivity contribution < 1.29 is 9.53 Å². The predicted molar refractivity (Wildman–Crippen MR) is 69.4 cm³/mol. The number of ether oxygens (including phenoxy) is 1. The van der Waals surface area contributed by atoms with Crippen LogP contribution in [0.4, 0.5) is 5.69 Å². The van der Waals surface area contributed by atoms with Crippen molar-refractivity contribution in [3.63, 3.8) is 0 Å². The number of anilines is 1. The summed E-state index contributed by atoms with van der Waals surface area (Å²) in [4.78, 5) is 11.5. The van der Waals surface area contributed by atoms with Crippen LogP contribution in [-0.2, 0) is 4.79 Å². The Bertz CT molecular complexity index is 366. The molecule has 0 bridgehead atoms. The number of rotatable bonds is 5. The molecule has 1 amide bonds. The van der Waals surface area contributed by atoms with Crippen LogP contribution in [0.5, 0.6) is 5.75 Å². The highest BCUT2D eigenvalue weighted by atomic mass is 79.9. The molecule has 0 aliphatic heterocycles. The van der Waals surface area contributed by atoms with Gasteiger partial charge in [-0.15, -0.1) is 0 Å². The van der Waals surface area contributed by atoms with Gasteiger partial charge in [-0.05, 0) is 31.5 Å². The zero-order chi connectivity index (χ0) is 12.0. The molecule has 0 aliphatic carbocycles. The first-order valence-electron chi connectivity index (χ1n) is 5.26. The maximum Gasteiger partial charge on any atom is 0.225 e. The number of benzene rings is 1. The average Bonchev–Trinajstić information content (AvgIpc) is 2.23. The van der Waals surface area contributed by atoms with Crippen molar-refractivity contribution in [3.05, 3.63) is 23.8 Å². The van der Waals surface area contributed by atoms with Crippen LogP contribution in [0.3, 0.4) is 0 Å². The molecule has 0 aromatic heterocycles. The zero-order valence-electron chi connectivity index (χ0n) is 9.55. The summed E-state index contributed by atoms with van der Waals surface area (Å²) in [5, 5.41) is 3.49. The van der Waals surface area contributed by atoms with Crippen LogP contribution in [0.2, 0.25) is 0 Å². The molecule has 3 nitrogen and oxygen atoms in total. The van der Waals surface area contributed by atoms with Gasteiger partial charge >= 0.3 is 0 Å².